The van der Waals surface area contributed by atoms with Crippen molar-refractivity contribution < 1.29 is 8.78 Å². The Morgan fingerprint density at radius 1 is 1.42 bits per heavy atom. The molecule has 0 radical (unpaired) electrons. The van der Waals surface area contributed by atoms with Crippen molar-refractivity contribution in [3.05, 3.63) is 18.0 Å². The SMILES string of the molecule is CCNC(c1ccnn1CC)C1CCC(F)(F)CC1. The molecule has 108 valence electrons. The van der Waals surface area contributed by atoms with Crippen LogP contribution in [0, 0.1) is 5.92 Å². The molecule has 0 spiro atoms. The van der Waals surface area contributed by atoms with Crippen molar-refractivity contribution in [2.24, 2.45) is 5.92 Å². The maximum atomic E-state index is 13.3. The van der Waals surface area contributed by atoms with E-state index in [4.69, 9.17) is 0 Å². The van der Waals surface area contributed by atoms with E-state index in [1.54, 1.807) is 6.20 Å². The largest absolute Gasteiger partial charge is 0.309 e. The molecule has 1 unspecified atom stereocenters. The molecule has 1 atom stereocenters. The van der Waals surface area contributed by atoms with Crippen LogP contribution < -0.4 is 5.32 Å². The summed E-state index contributed by atoms with van der Waals surface area (Å²) in [5.41, 5.74) is 1.12. The van der Waals surface area contributed by atoms with Gasteiger partial charge in [-0.2, -0.15) is 5.10 Å². The first-order chi connectivity index (χ1) is 9.07. The number of nitrogens with one attached hydrogen (secondary N) is 1. The Morgan fingerprint density at radius 3 is 2.68 bits per heavy atom. The van der Waals surface area contributed by atoms with E-state index in [-0.39, 0.29) is 24.8 Å². The zero-order valence-corrected chi connectivity index (χ0v) is 11.7. The molecular formula is C14H23F2N3. The molecule has 1 saturated carbocycles. The van der Waals surface area contributed by atoms with E-state index >= 15 is 0 Å². The smallest absolute Gasteiger partial charge is 0.248 e. The first-order valence-corrected chi connectivity index (χ1v) is 7.20. The highest BCUT2D eigenvalue weighted by Gasteiger charge is 2.38. The molecule has 1 N–H and O–H groups in total. The van der Waals surface area contributed by atoms with Gasteiger partial charge in [0.1, 0.15) is 0 Å². The highest BCUT2D eigenvalue weighted by Crippen LogP contribution is 2.41. The van der Waals surface area contributed by atoms with Crippen molar-refractivity contribution in [2.75, 3.05) is 6.54 Å². The molecule has 1 aliphatic carbocycles. The summed E-state index contributed by atoms with van der Waals surface area (Å²) in [5, 5.41) is 7.74. The summed E-state index contributed by atoms with van der Waals surface area (Å²) in [6.07, 6.45) is 2.99. The Morgan fingerprint density at radius 2 is 2.11 bits per heavy atom. The van der Waals surface area contributed by atoms with Crippen LogP contribution in [0.4, 0.5) is 8.78 Å². The fraction of sp³-hybridized carbons (Fsp3) is 0.786. The summed E-state index contributed by atoms with van der Waals surface area (Å²) in [4.78, 5) is 0. The minimum atomic E-state index is -2.46. The van der Waals surface area contributed by atoms with E-state index in [2.05, 4.69) is 24.3 Å². The summed E-state index contributed by atoms with van der Waals surface area (Å²) < 4.78 is 28.5. The maximum Gasteiger partial charge on any atom is 0.248 e. The number of hydrogen-bond acceptors (Lipinski definition) is 2. The molecule has 1 heterocycles. The predicted molar refractivity (Wildman–Crippen MR) is 71.2 cm³/mol. The fourth-order valence-corrected chi connectivity index (χ4v) is 3.00. The van der Waals surface area contributed by atoms with E-state index in [0.29, 0.717) is 12.8 Å². The molecule has 1 aromatic heterocycles. The molecule has 1 aromatic rings. The summed E-state index contributed by atoms with van der Waals surface area (Å²) in [5.74, 6) is -2.18. The third-order valence-electron chi connectivity index (χ3n) is 4.02. The molecule has 2 rings (SSSR count). The van der Waals surface area contributed by atoms with Gasteiger partial charge in [0.15, 0.2) is 0 Å². The minimum absolute atomic E-state index is 0.0137. The van der Waals surface area contributed by atoms with Gasteiger partial charge in [-0.25, -0.2) is 8.78 Å². The van der Waals surface area contributed by atoms with E-state index in [9.17, 15) is 8.78 Å². The van der Waals surface area contributed by atoms with Crippen LogP contribution in [0.1, 0.15) is 51.3 Å². The summed E-state index contributed by atoms with van der Waals surface area (Å²) in [6, 6.07) is 2.15. The summed E-state index contributed by atoms with van der Waals surface area (Å²) in [7, 11) is 0. The standard InChI is InChI=1S/C14H23F2N3/c1-3-17-13(12-7-10-18-19(12)4-2)11-5-8-14(15,16)9-6-11/h7,10-11,13,17H,3-6,8-9H2,1-2H3. The molecule has 1 aliphatic rings. The van der Waals surface area contributed by atoms with Crippen molar-refractivity contribution in [3.63, 3.8) is 0 Å². The van der Waals surface area contributed by atoms with Crippen molar-refractivity contribution in [3.8, 4) is 0 Å². The van der Waals surface area contributed by atoms with E-state index in [1.165, 1.54) is 0 Å². The predicted octanol–water partition coefficient (Wildman–Crippen LogP) is 3.38. The van der Waals surface area contributed by atoms with Crippen LogP contribution in [0.3, 0.4) is 0 Å². The van der Waals surface area contributed by atoms with Gasteiger partial charge in [-0.05, 0) is 38.3 Å². The average Bonchev–Trinajstić information content (AvgIpc) is 2.84. The second-order valence-electron chi connectivity index (χ2n) is 5.30. The van der Waals surface area contributed by atoms with Crippen LogP contribution in [-0.2, 0) is 6.54 Å². The van der Waals surface area contributed by atoms with Gasteiger partial charge in [0, 0.05) is 25.6 Å². The van der Waals surface area contributed by atoms with Gasteiger partial charge < -0.3 is 5.32 Å². The van der Waals surface area contributed by atoms with Gasteiger partial charge in [0.05, 0.1) is 11.7 Å². The highest BCUT2D eigenvalue weighted by molar-refractivity contribution is 5.09. The average molecular weight is 271 g/mol. The van der Waals surface area contributed by atoms with Crippen LogP contribution in [0.15, 0.2) is 12.3 Å². The van der Waals surface area contributed by atoms with Crippen molar-refractivity contribution in [1.29, 1.82) is 0 Å². The molecule has 0 aliphatic heterocycles. The minimum Gasteiger partial charge on any atom is -0.309 e. The Balaban J connectivity index is 2.12. The van der Waals surface area contributed by atoms with Gasteiger partial charge in [0.2, 0.25) is 5.92 Å². The summed E-state index contributed by atoms with van der Waals surface area (Å²) >= 11 is 0. The van der Waals surface area contributed by atoms with E-state index in [0.717, 1.165) is 18.8 Å². The first kappa shape index (κ1) is 14.4. The topological polar surface area (TPSA) is 29.9 Å². The molecule has 3 nitrogen and oxygen atoms in total. The molecule has 0 aromatic carbocycles. The lowest BCUT2D eigenvalue weighted by atomic mass is 9.81. The van der Waals surface area contributed by atoms with Crippen molar-refractivity contribution in [1.82, 2.24) is 15.1 Å². The zero-order chi connectivity index (χ0) is 13.9. The van der Waals surface area contributed by atoms with E-state index in [1.807, 2.05) is 10.7 Å². The maximum absolute atomic E-state index is 13.3. The van der Waals surface area contributed by atoms with Crippen LogP contribution in [0.5, 0.6) is 0 Å². The lowest BCUT2D eigenvalue weighted by Crippen LogP contribution is -2.35. The molecular weight excluding hydrogens is 248 g/mol. The number of aryl methyl sites for hydroxylation is 1. The highest BCUT2D eigenvalue weighted by atomic mass is 19.3. The van der Waals surface area contributed by atoms with E-state index < -0.39 is 5.92 Å². The molecule has 0 bridgehead atoms. The number of nitrogens with zero attached hydrogens (tertiary/aromatic N) is 2. The van der Waals surface area contributed by atoms with Gasteiger partial charge in [-0.3, -0.25) is 4.68 Å². The number of hydrogen-bond donors (Lipinski definition) is 1. The van der Waals surface area contributed by atoms with Crippen molar-refractivity contribution >= 4 is 0 Å². The van der Waals surface area contributed by atoms with Crippen molar-refractivity contribution in [2.45, 2.75) is 58.0 Å². The van der Waals surface area contributed by atoms with Crippen LogP contribution >= 0.6 is 0 Å². The van der Waals surface area contributed by atoms with Gasteiger partial charge in [0.25, 0.3) is 0 Å². The Kier molecular flexibility index (Phi) is 4.55. The zero-order valence-electron chi connectivity index (χ0n) is 11.7. The second-order valence-corrected chi connectivity index (χ2v) is 5.30. The van der Waals surface area contributed by atoms with Crippen LogP contribution in [-0.4, -0.2) is 22.2 Å². The molecule has 19 heavy (non-hydrogen) atoms. The molecule has 1 fully saturated rings. The number of halogens is 2. The lowest BCUT2D eigenvalue weighted by Gasteiger charge is -2.34. The quantitative estimate of drug-likeness (QED) is 0.889. The molecule has 0 saturated heterocycles. The normalized spacial score (nSPS) is 21.5. The van der Waals surface area contributed by atoms with Crippen LogP contribution in [0.2, 0.25) is 0 Å². The monoisotopic (exact) mass is 271 g/mol. The Bertz CT molecular complexity index is 393. The van der Waals surface area contributed by atoms with Gasteiger partial charge in [-0.15, -0.1) is 0 Å². The molecule has 0 amide bonds. The lowest BCUT2D eigenvalue weighted by molar-refractivity contribution is -0.0500. The Hall–Kier alpha value is -0.970. The summed E-state index contributed by atoms with van der Waals surface area (Å²) in [6.45, 7) is 5.76. The Labute approximate surface area is 113 Å². The number of rotatable bonds is 5. The molecule has 5 heteroatoms. The third-order valence-corrected chi connectivity index (χ3v) is 4.02. The third kappa shape index (κ3) is 3.32. The number of alkyl halides is 2. The van der Waals surface area contributed by atoms with Gasteiger partial charge in [-0.1, -0.05) is 6.92 Å². The van der Waals surface area contributed by atoms with Crippen LogP contribution in [0.25, 0.3) is 0 Å². The second kappa shape index (κ2) is 5.99. The fourth-order valence-electron chi connectivity index (χ4n) is 3.00. The first-order valence-electron chi connectivity index (χ1n) is 7.20. The van der Waals surface area contributed by atoms with Gasteiger partial charge >= 0.3 is 0 Å². The number of aromatic nitrogens is 2.